The molecule has 0 amide bonds. The molecule has 3 nitrogen and oxygen atoms in total. The summed E-state index contributed by atoms with van der Waals surface area (Å²) in [5, 5.41) is 9.08. The highest BCUT2D eigenvalue weighted by Crippen LogP contribution is 2.24. The van der Waals surface area contributed by atoms with Crippen molar-refractivity contribution in [3.63, 3.8) is 0 Å². The van der Waals surface area contributed by atoms with Crippen LogP contribution in [0.2, 0.25) is 0 Å². The van der Waals surface area contributed by atoms with Crippen LogP contribution < -0.4 is 0 Å². The van der Waals surface area contributed by atoms with Crippen molar-refractivity contribution in [3.8, 4) is 0 Å². The maximum absolute atomic E-state index is 11.0. The first-order valence-electron chi connectivity index (χ1n) is 6.07. The summed E-state index contributed by atoms with van der Waals surface area (Å²) in [6, 6.07) is 8.40. The van der Waals surface area contributed by atoms with Crippen LogP contribution in [0, 0.1) is 18.8 Å². The molecule has 1 aromatic carbocycles. The monoisotopic (exact) mass is 233 g/mol. The fourth-order valence-electron chi connectivity index (χ4n) is 2.59. The summed E-state index contributed by atoms with van der Waals surface area (Å²) < 4.78 is 0. The van der Waals surface area contributed by atoms with Gasteiger partial charge in [-0.3, -0.25) is 9.69 Å². The first-order chi connectivity index (χ1) is 8.06. The number of nitrogens with zero attached hydrogens (tertiary/aromatic N) is 1. The Kier molecular flexibility index (Phi) is 3.48. The van der Waals surface area contributed by atoms with Gasteiger partial charge in [0.2, 0.25) is 0 Å². The maximum atomic E-state index is 11.0. The number of benzene rings is 1. The molecule has 1 aliphatic heterocycles. The van der Waals surface area contributed by atoms with Crippen LogP contribution in [-0.4, -0.2) is 29.1 Å². The molecule has 0 aromatic heterocycles. The fourth-order valence-corrected chi connectivity index (χ4v) is 2.59. The second-order valence-corrected chi connectivity index (χ2v) is 5.11. The zero-order chi connectivity index (χ0) is 12.4. The van der Waals surface area contributed by atoms with Crippen molar-refractivity contribution in [1.82, 2.24) is 4.90 Å². The van der Waals surface area contributed by atoms with Gasteiger partial charge in [0.15, 0.2) is 0 Å². The van der Waals surface area contributed by atoms with Gasteiger partial charge in [0.25, 0.3) is 0 Å². The number of likely N-dealkylation sites (tertiary alicyclic amines) is 1. The first kappa shape index (κ1) is 12.1. The van der Waals surface area contributed by atoms with Crippen molar-refractivity contribution >= 4 is 5.97 Å². The number of rotatable bonds is 3. The Morgan fingerprint density at radius 2 is 2.24 bits per heavy atom. The quantitative estimate of drug-likeness (QED) is 0.869. The third-order valence-electron chi connectivity index (χ3n) is 3.49. The molecule has 92 valence electrons. The zero-order valence-electron chi connectivity index (χ0n) is 10.4. The Bertz CT molecular complexity index is 416. The van der Waals surface area contributed by atoms with E-state index in [1.807, 2.05) is 6.92 Å². The molecule has 1 saturated heterocycles. The highest BCUT2D eigenvalue weighted by Gasteiger charge is 2.34. The molecule has 0 bridgehead atoms. The van der Waals surface area contributed by atoms with E-state index in [0.29, 0.717) is 6.54 Å². The molecular weight excluding hydrogens is 214 g/mol. The fraction of sp³-hybridized carbons (Fsp3) is 0.500. The van der Waals surface area contributed by atoms with Crippen molar-refractivity contribution in [3.05, 3.63) is 35.4 Å². The van der Waals surface area contributed by atoms with Gasteiger partial charge < -0.3 is 5.11 Å². The number of carbonyl (C=O) groups is 1. The molecule has 0 aliphatic carbocycles. The molecule has 17 heavy (non-hydrogen) atoms. The Morgan fingerprint density at radius 1 is 1.47 bits per heavy atom. The number of aryl methyl sites for hydroxylation is 1. The van der Waals surface area contributed by atoms with Crippen molar-refractivity contribution < 1.29 is 9.90 Å². The third-order valence-corrected chi connectivity index (χ3v) is 3.49. The lowest BCUT2D eigenvalue weighted by atomic mass is 9.99. The second-order valence-electron chi connectivity index (χ2n) is 5.11. The van der Waals surface area contributed by atoms with Crippen molar-refractivity contribution in [1.29, 1.82) is 0 Å². The topological polar surface area (TPSA) is 40.5 Å². The van der Waals surface area contributed by atoms with Crippen molar-refractivity contribution in [2.75, 3.05) is 13.1 Å². The Labute approximate surface area is 102 Å². The average Bonchev–Trinajstić information content (AvgIpc) is 2.59. The van der Waals surface area contributed by atoms with Gasteiger partial charge in [-0.05, 0) is 18.4 Å². The van der Waals surface area contributed by atoms with E-state index in [-0.39, 0.29) is 11.8 Å². The molecule has 0 saturated carbocycles. The van der Waals surface area contributed by atoms with Crippen LogP contribution in [0.3, 0.4) is 0 Å². The second kappa shape index (κ2) is 4.88. The third kappa shape index (κ3) is 2.86. The van der Waals surface area contributed by atoms with Crippen LogP contribution in [0.5, 0.6) is 0 Å². The molecule has 2 atom stereocenters. The van der Waals surface area contributed by atoms with Crippen molar-refractivity contribution in [2.24, 2.45) is 11.8 Å². The van der Waals surface area contributed by atoms with Crippen LogP contribution in [0.15, 0.2) is 24.3 Å². The lowest BCUT2D eigenvalue weighted by Gasteiger charge is -2.15. The minimum absolute atomic E-state index is 0.209. The normalized spacial score (nSPS) is 25.1. The van der Waals surface area contributed by atoms with Gasteiger partial charge in [-0.25, -0.2) is 0 Å². The van der Waals surface area contributed by atoms with Crippen LogP contribution in [-0.2, 0) is 11.3 Å². The van der Waals surface area contributed by atoms with Gasteiger partial charge in [0, 0.05) is 19.6 Å². The molecule has 1 aromatic rings. The average molecular weight is 233 g/mol. The van der Waals surface area contributed by atoms with Gasteiger partial charge in [-0.15, -0.1) is 0 Å². The predicted molar refractivity (Wildman–Crippen MR) is 66.7 cm³/mol. The van der Waals surface area contributed by atoms with Gasteiger partial charge >= 0.3 is 5.97 Å². The van der Waals surface area contributed by atoms with E-state index < -0.39 is 5.97 Å². The molecule has 0 spiro atoms. The first-order valence-corrected chi connectivity index (χ1v) is 6.07. The van der Waals surface area contributed by atoms with Gasteiger partial charge in [0.05, 0.1) is 5.92 Å². The highest BCUT2D eigenvalue weighted by atomic mass is 16.4. The van der Waals surface area contributed by atoms with Gasteiger partial charge in [-0.2, -0.15) is 0 Å². The molecular formula is C14H19NO2. The number of aliphatic carboxylic acids is 1. The highest BCUT2D eigenvalue weighted by molar-refractivity contribution is 5.71. The summed E-state index contributed by atoms with van der Waals surface area (Å²) in [6.07, 6.45) is 0. The SMILES string of the molecule is Cc1cccc(CN2CC(C)C(C(=O)O)C2)c1. The number of carboxylic acids is 1. The molecule has 1 fully saturated rings. The smallest absolute Gasteiger partial charge is 0.308 e. The summed E-state index contributed by atoms with van der Waals surface area (Å²) in [4.78, 5) is 13.3. The summed E-state index contributed by atoms with van der Waals surface area (Å²) in [5.74, 6) is -0.624. The predicted octanol–water partition coefficient (Wildman–Crippen LogP) is 2.15. The molecule has 2 unspecified atom stereocenters. The number of hydrogen-bond acceptors (Lipinski definition) is 2. The minimum atomic E-state index is -0.663. The molecule has 3 heteroatoms. The van der Waals surface area contributed by atoms with Gasteiger partial charge in [0.1, 0.15) is 0 Å². The Balaban J connectivity index is 2.00. The molecule has 1 N–H and O–H groups in total. The molecule has 1 heterocycles. The Morgan fingerprint density at radius 3 is 2.82 bits per heavy atom. The van der Waals surface area contributed by atoms with E-state index in [9.17, 15) is 4.79 Å². The molecule has 1 aliphatic rings. The summed E-state index contributed by atoms with van der Waals surface area (Å²) in [7, 11) is 0. The number of hydrogen-bond donors (Lipinski definition) is 1. The van der Waals surface area contributed by atoms with Crippen LogP contribution >= 0.6 is 0 Å². The summed E-state index contributed by atoms with van der Waals surface area (Å²) >= 11 is 0. The summed E-state index contributed by atoms with van der Waals surface area (Å²) in [6.45, 7) is 6.51. The maximum Gasteiger partial charge on any atom is 0.308 e. The largest absolute Gasteiger partial charge is 0.481 e. The van der Waals surface area contributed by atoms with Crippen LogP contribution in [0.25, 0.3) is 0 Å². The molecule has 0 radical (unpaired) electrons. The molecule has 2 rings (SSSR count). The number of carboxylic acid groups (broad SMARTS) is 1. The van der Waals surface area contributed by atoms with Crippen molar-refractivity contribution in [2.45, 2.75) is 20.4 Å². The van der Waals surface area contributed by atoms with E-state index in [0.717, 1.165) is 13.1 Å². The summed E-state index contributed by atoms with van der Waals surface area (Å²) in [5.41, 5.74) is 2.52. The van der Waals surface area contributed by atoms with Crippen LogP contribution in [0.1, 0.15) is 18.1 Å². The Hall–Kier alpha value is -1.35. The van der Waals surface area contributed by atoms with Crippen LogP contribution in [0.4, 0.5) is 0 Å². The van der Waals surface area contributed by atoms with Gasteiger partial charge in [-0.1, -0.05) is 36.8 Å². The zero-order valence-corrected chi connectivity index (χ0v) is 10.4. The van der Waals surface area contributed by atoms with E-state index in [4.69, 9.17) is 5.11 Å². The van der Waals surface area contributed by atoms with E-state index >= 15 is 0 Å². The van der Waals surface area contributed by atoms with E-state index in [2.05, 4.69) is 36.1 Å². The van der Waals surface area contributed by atoms with E-state index in [1.165, 1.54) is 11.1 Å². The standard InChI is InChI=1S/C14H19NO2/c1-10-4-3-5-12(6-10)8-15-7-11(2)13(9-15)14(16)17/h3-6,11,13H,7-9H2,1-2H3,(H,16,17). The van der Waals surface area contributed by atoms with E-state index in [1.54, 1.807) is 0 Å². The minimum Gasteiger partial charge on any atom is -0.481 e. The lowest BCUT2D eigenvalue weighted by Crippen LogP contribution is -2.23. The lowest BCUT2D eigenvalue weighted by molar-refractivity contribution is -0.142.